The van der Waals surface area contributed by atoms with Crippen molar-refractivity contribution in [2.75, 3.05) is 12.8 Å². The van der Waals surface area contributed by atoms with Crippen molar-refractivity contribution in [2.45, 2.75) is 31.1 Å². The predicted molar refractivity (Wildman–Crippen MR) is 69.0 cm³/mol. The number of fused-ring (bicyclic) bond motifs is 1. The van der Waals surface area contributed by atoms with Crippen LogP contribution in [0.3, 0.4) is 0 Å². The van der Waals surface area contributed by atoms with E-state index in [0.717, 1.165) is 13.0 Å². The first-order chi connectivity index (χ1) is 7.68. The lowest BCUT2D eigenvalue weighted by Gasteiger charge is -2.16. The average molecular weight is 237 g/mol. The van der Waals surface area contributed by atoms with Gasteiger partial charge in [0.05, 0.1) is 0 Å². The predicted octanol–water partition coefficient (Wildman–Crippen LogP) is 2.03. The molecule has 16 heavy (non-hydrogen) atoms. The van der Waals surface area contributed by atoms with Gasteiger partial charge >= 0.3 is 0 Å². The van der Waals surface area contributed by atoms with Crippen LogP contribution >= 0.6 is 0 Å². The molecule has 2 rings (SSSR count). The van der Waals surface area contributed by atoms with Gasteiger partial charge in [0.15, 0.2) is 0 Å². The molecular formula is C13H19NOS. The van der Waals surface area contributed by atoms with Crippen LogP contribution in [0.5, 0.6) is 0 Å². The molecule has 1 aliphatic carbocycles. The minimum Gasteiger partial charge on any atom is -0.309 e. The van der Waals surface area contributed by atoms with Gasteiger partial charge in [0, 0.05) is 34.9 Å². The molecule has 0 amide bonds. The summed E-state index contributed by atoms with van der Waals surface area (Å²) in [5.41, 5.74) is 2.89. The highest BCUT2D eigenvalue weighted by Crippen LogP contribution is 2.30. The summed E-state index contributed by atoms with van der Waals surface area (Å²) in [4.78, 5) is 0. The zero-order valence-electron chi connectivity index (χ0n) is 9.90. The molecule has 1 aliphatic rings. The van der Waals surface area contributed by atoms with Crippen molar-refractivity contribution < 1.29 is 4.21 Å². The maximum absolute atomic E-state index is 11.3. The average Bonchev–Trinajstić information content (AvgIpc) is 2.69. The van der Waals surface area contributed by atoms with Gasteiger partial charge in [0.2, 0.25) is 0 Å². The molecule has 0 spiro atoms. The van der Waals surface area contributed by atoms with E-state index in [1.54, 1.807) is 6.26 Å². The van der Waals surface area contributed by atoms with Gasteiger partial charge < -0.3 is 5.32 Å². The van der Waals surface area contributed by atoms with E-state index in [1.807, 2.05) is 6.92 Å². The number of nitrogens with one attached hydrogen (secondary N) is 1. The fourth-order valence-electron chi connectivity index (χ4n) is 2.19. The first-order valence-electron chi connectivity index (χ1n) is 5.82. The molecule has 0 aromatic heterocycles. The number of benzene rings is 1. The van der Waals surface area contributed by atoms with Crippen LogP contribution in [0.2, 0.25) is 0 Å². The molecule has 0 aliphatic heterocycles. The maximum Gasteiger partial charge on any atom is 0.0441 e. The zero-order valence-corrected chi connectivity index (χ0v) is 10.7. The summed E-state index contributed by atoms with van der Waals surface area (Å²) in [6, 6.07) is 9.07. The Kier molecular flexibility index (Phi) is 3.77. The molecule has 3 heteroatoms. The van der Waals surface area contributed by atoms with Crippen LogP contribution in [0.25, 0.3) is 0 Å². The SMILES string of the molecule is CC(CNC1CCc2ccccc21)S(C)=O. The molecule has 0 heterocycles. The topological polar surface area (TPSA) is 29.1 Å². The minimum atomic E-state index is -0.731. The summed E-state index contributed by atoms with van der Waals surface area (Å²) in [7, 11) is -0.731. The van der Waals surface area contributed by atoms with E-state index >= 15 is 0 Å². The van der Waals surface area contributed by atoms with Crippen LogP contribution in [0, 0.1) is 0 Å². The molecule has 1 aromatic rings. The monoisotopic (exact) mass is 237 g/mol. The van der Waals surface area contributed by atoms with Gasteiger partial charge in [0.1, 0.15) is 0 Å². The van der Waals surface area contributed by atoms with E-state index in [1.165, 1.54) is 17.5 Å². The molecule has 88 valence electrons. The van der Waals surface area contributed by atoms with Crippen LogP contribution in [0.4, 0.5) is 0 Å². The Labute approximate surface area is 99.9 Å². The number of hydrogen-bond acceptors (Lipinski definition) is 2. The first kappa shape index (κ1) is 11.8. The third kappa shape index (κ3) is 2.53. The fourth-order valence-corrected chi connectivity index (χ4v) is 2.53. The van der Waals surface area contributed by atoms with Crippen LogP contribution in [0.1, 0.15) is 30.5 Å². The Bertz CT molecular complexity index is 391. The number of rotatable bonds is 4. The Balaban J connectivity index is 1.96. The molecule has 3 unspecified atom stereocenters. The summed E-state index contributed by atoms with van der Waals surface area (Å²) in [6.07, 6.45) is 4.11. The zero-order chi connectivity index (χ0) is 11.5. The molecular weight excluding hydrogens is 218 g/mol. The van der Waals surface area contributed by atoms with Crippen molar-refractivity contribution in [1.29, 1.82) is 0 Å². The molecule has 0 bridgehead atoms. The second-order valence-corrected chi connectivity index (χ2v) is 6.31. The third-order valence-corrected chi connectivity index (χ3v) is 4.65. The standard InChI is InChI=1S/C13H19NOS/c1-10(16(2)15)9-14-13-8-7-11-5-3-4-6-12(11)13/h3-6,10,13-14H,7-9H2,1-2H3. The lowest BCUT2D eigenvalue weighted by molar-refractivity contribution is 0.529. The van der Waals surface area contributed by atoms with Gasteiger partial charge in [-0.3, -0.25) is 4.21 Å². The second kappa shape index (κ2) is 5.11. The third-order valence-electron chi connectivity index (χ3n) is 3.35. The van der Waals surface area contributed by atoms with E-state index in [-0.39, 0.29) is 5.25 Å². The van der Waals surface area contributed by atoms with Gasteiger partial charge in [0.25, 0.3) is 0 Å². The maximum atomic E-state index is 11.3. The molecule has 0 radical (unpaired) electrons. The van der Waals surface area contributed by atoms with Crippen molar-refractivity contribution in [2.24, 2.45) is 0 Å². The largest absolute Gasteiger partial charge is 0.309 e. The van der Waals surface area contributed by atoms with E-state index in [9.17, 15) is 4.21 Å². The lowest BCUT2D eigenvalue weighted by Crippen LogP contribution is -2.30. The fraction of sp³-hybridized carbons (Fsp3) is 0.538. The molecule has 2 nitrogen and oxygen atoms in total. The van der Waals surface area contributed by atoms with E-state index < -0.39 is 10.8 Å². The highest BCUT2D eigenvalue weighted by atomic mass is 32.2. The van der Waals surface area contributed by atoms with Crippen molar-refractivity contribution in [3.05, 3.63) is 35.4 Å². The Morgan fingerprint density at radius 3 is 3.00 bits per heavy atom. The molecule has 1 aromatic carbocycles. The van der Waals surface area contributed by atoms with Gasteiger partial charge in [-0.15, -0.1) is 0 Å². The van der Waals surface area contributed by atoms with Gasteiger partial charge in [-0.2, -0.15) is 0 Å². The second-order valence-electron chi connectivity index (χ2n) is 4.51. The Hall–Kier alpha value is -0.670. The first-order valence-corrected chi connectivity index (χ1v) is 7.44. The van der Waals surface area contributed by atoms with Crippen molar-refractivity contribution in [1.82, 2.24) is 5.32 Å². The molecule has 3 atom stereocenters. The number of aryl methyl sites for hydroxylation is 1. The smallest absolute Gasteiger partial charge is 0.0441 e. The van der Waals surface area contributed by atoms with E-state index in [4.69, 9.17) is 0 Å². The highest BCUT2D eigenvalue weighted by molar-refractivity contribution is 7.84. The molecule has 0 saturated heterocycles. The highest BCUT2D eigenvalue weighted by Gasteiger charge is 2.21. The van der Waals surface area contributed by atoms with Crippen molar-refractivity contribution in [3.8, 4) is 0 Å². The molecule has 1 N–H and O–H groups in total. The van der Waals surface area contributed by atoms with Crippen LogP contribution in [0.15, 0.2) is 24.3 Å². The van der Waals surface area contributed by atoms with Crippen molar-refractivity contribution in [3.63, 3.8) is 0 Å². The van der Waals surface area contributed by atoms with Crippen LogP contribution in [-0.4, -0.2) is 22.3 Å². The minimum absolute atomic E-state index is 0.229. The van der Waals surface area contributed by atoms with Gasteiger partial charge in [-0.1, -0.05) is 24.3 Å². The molecule has 0 saturated carbocycles. The van der Waals surface area contributed by atoms with Crippen LogP contribution < -0.4 is 5.32 Å². The quantitative estimate of drug-likeness (QED) is 0.868. The van der Waals surface area contributed by atoms with Crippen LogP contribution in [-0.2, 0) is 17.2 Å². The summed E-state index contributed by atoms with van der Waals surface area (Å²) >= 11 is 0. The Morgan fingerprint density at radius 1 is 1.50 bits per heavy atom. The molecule has 0 fully saturated rings. The van der Waals surface area contributed by atoms with Gasteiger partial charge in [-0.25, -0.2) is 0 Å². The van der Waals surface area contributed by atoms with Crippen molar-refractivity contribution >= 4 is 10.8 Å². The Morgan fingerprint density at radius 2 is 2.25 bits per heavy atom. The summed E-state index contributed by atoms with van der Waals surface area (Å²) in [6.45, 7) is 2.87. The summed E-state index contributed by atoms with van der Waals surface area (Å²) in [5, 5.41) is 3.76. The van der Waals surface area contributed by atoms with E-state index in [2.05, 4.69) is 29.6 Å². The summed E-state index contributed by atoms with van der Waals surface area (Å²) in [5.74, 6) is 0. The number of hydrogen-bond donors (Lipinski definition) is 1. The normalized spacial score (nSPS) is 22.8. The lowest BCUT2D eigenvalue weighted by atomic mass is 10.1. The van der Waals surface area contributed by atoms with E-state index in [0.29, 0.717) is 6.04 Å². The summed E-state index contributed by atoms with van der Waals surface area (Å²) < 4.78 is 11.3. The van der Waals surface area contributed by atoms with Gasteiger partial charge in [-0.05, 0) is 30.9 Å².